The van der Waals surface area contributed by atoms with Gasteiger partial charge in [-0.1, -0.05) is 25.1 Å². The quantitative estimate of drug-likeness (QED) is 0.605. The number of carbonyl (C=O) groups excluding carboxylic acids is 4. The van der Waals surface area contributed by atoms with Crippen molar-refractivity contribution in [3.8, 4) is 0 Å². The molecule has 2 aliphatic heterocycles. The fourth-order valence-corrected chi connectivity index (χ4v) is 4.16. The monoisotopic (exact) mass is 422 g/mol. The number of piperidine rings is 1. The first-order valence-electron chi connectivity index (χ1n) is 10.6. The Morgan fingerprint density at radius 1 is 1.16 bits per heavy atom. The summed E-state index contributed by atoms with van der Waals surface area (Å²) in [5.74, 6) is -0.633. The molecule has 8 heteroatoms. The number of hydrogen-bond acceptors (Lipinski definition) is 4. The zero-order chi connectivity index (χ0) is 22.1. The third-order valence-corrected chi connectivity index (χ3v) is 6.06. The van der Waals surface area contributed by atoms with Crippen LogP contribution in [0.5, 0.6) is 0 Å². The number of hydrogen-bond donors (Lipinski definition) is 1. The molecule has 162 valence electrons. The van der Waals surface area contributed by atoms with Gasteiger partial charge in [-0.2, -0.15) is 0 Å². The summed E-state index contributed by atoms with van der Waals surface area (Å²) in [7, 11) is 0. The van der Waals surface area contributed by atoms with Crippen LogP contribution in [0.15, 0.2) is 36.0 Å². The van der Waals surface area contributed by atoms with Crippen molar-refractivity contribution in [3.63, 3.8) is 0 Å². The van der Waals surface area contributed by atoms with Crippen LogP contribution in [0.25, 0.3) is 17.0 Å². The summed E-state index contributed by atoms with van der Waals surface area (Å²) < 4.78 is 1.86. The molecule has 2 fully saturated rings. The first kappa shape index (κ1) is 20.8. The van der Waals surface area contributed by atoms with Gasteiger partial charge in [0.15, 0.2) is 0 Å². The number of benzene rings is 1. The maximum atomic E-state index is 12.9. The molecule has 1 aromatic heterocycles. The van der Waals surface area contributed by atoms with Gasteiger partial charge in [0.25, 0.3) is 11.8 Å². The lowest BCUT2D eigenvalue weighted by molar-refractivity contribution is -0.133. The van der Waals surface area contributed by atoms with Gasteiger partial charge in [-0.3, -0.25) is 24.6 Å². The first-order valence-corrected chi connectivity index (χ1v) is 10.6. The lowest BCUT2D eigenvalue weighted by Crippen LogP contribution is -2.53. The Balaban J connectivity index is 1.66. The van der Waals surface area contributed by atoms with Crippen LogP contribution in [-0.4, -0.2) is 57.8 Å². The molecule has 0 bridgehead atoms. The molecular formula is C23H26N4O4. The first-order chi connectivity index (χ1) is 14.9. The van der Waals surface area contributed by atoms with Crippen LogP contribution in [0.1, 0.15) is 32.3 Å². The van der Waals surface area contributed by atoms with Crippen LogP contribution in [0.3, 0.4) is 0 Å². The molecule has 31 heavy (non-hydrogen) atoms. The smallest absolute Gasteiger partial charge is 0.331 e. The summed E-state index contributed by atoms with van der Waals surface area (Å²) in [6.07, 6.45) is 5.31. The van der Waals surface area contributed by atoms with E-state index in [1.165, 1.54) is 6.08 Å². The van der Waals surface area contributed by atoms with Crippen molar-refractivity contribution < 1.29 is 19.2 Å². The minimum Gasteiger partial charge on any atom is -0.341 e. The van der Waals surface area contributed by atoms with Gasteiger partial charge in [0.1, 0.15) is 12.1 Å². The second-order valence-electron chi connectivity index (χ2n) is 8.16. The van der Waals surface area contributed by atoms with Crippen molar-refractivity contribution in [3.05, 3.63) is 41.6 Å². The largest absolute Gasteiger partial charge is 0.341 e. The van der Waals surface area contributed by atoms with E-state index < -0.39 is 17.8 Å². The van der Waals surface area contributed by atoms with Gasteiger partial charge in [-0.05, 0) is 37.8 Å². The van der Waals surface area contributed by atoms with Crippen molar-refractivity contribution >= 4 is 40.7 Å². The summed E-state index contributed by atoms with van der Waals surface area (Å²) in [4.78, 5) is 52.6. The van der Waals surface area contributed by atoms with E-state index in [4.69, 9.17) is 0 Å². The highest BCUT2D eigenvalue weighted by Gasteiger charge is 2.34. The summed E-state index contributed by atoms with van der Waals surface area (Å²) in [6.45, 7) is 5.77. The molecule has 3 heterocycles. The number of nitrogens with zero attached hydrogens (tertiary/aromatic N) is 3. The van der Waals surface area contributed by atoms with Crippen LogP contribution in [0.4, 0.5) is 4.79 Å². The molecule has 0 radical (unpaired) electrons. The predicted octanol–water partition coefficient (Wildman–Crippen LogP) is 2.38. The maximum Gasteiger partial charge on any atom is 0.331 e. The number of fused-ring (bicyclic) bond motifs is 1. The number of urea groups is 1. The van der Waals surface area contributed by atoms with Crippen LogP contribution in [-0.2, 0) is 20.9 Å². The number of barbiturate groups is 1. The Morgan fingerprint density at radius 2 is 1.87 bits per heavy atom. The highest BCUT2D eigenvalue weighted by Crippen LogP contribution is 2.25. The van der Waals surface area contributed by atoms with Gasteiger partial charge in [0, 0.05) is 42.3 Å². The second-order valence-corrected chi connectivity index (χ2v) is 8.16. The highest BCUT2D eigenvalue weighted by molar-refractivity contribution is 6.31. The molecule has 5 amide bonds. The van der Waals surface area contributed by atoms with Crippen molar-refractivity contribution in [2.45, 2.75) is 33.2 Å². The van der Waals surface area contributed by atoms with E-state index in [2.05, 4.69) is 12.2 Å². The SMILES string of the molecule is CCN1C(=O)NC(=O)C(=Cc2cn(CC(=O)N3CCC(C)CC3)c3ccccc23)C1=O. The summed E-state index contributed by atoms with van der Waals surface area (Å²) >= 11 is 0. The standard InChI is InChI=1S/C23H26N4O4/c1-3-27-22(30)18(21(29)24-23(27)31)12-16-13-26(19-7-5-4-6-17(16)19)14-20(28)25-10-8-15(2)9-11-25/h4-7,12-13,15H,3,8-11,14H2,1-2H3,(H,24,29,31). The number of aromatic nitrogens is 1. The summed E-state index contributed by atoms with van der Waals surface area (Å²) in [5.41, 5.74) is 1.40. The van der Waals surface area contributed by atoms with Crippen molar-refractivity contribution in [2.75, 3.05) is 19.6 Å². The molecule has 4 rings (SSSR count). The van der Waals surface area contributed by atoms with Crippen LogP contribution >= 0.6 is 0 Å². The van der Waals surface area contributed by atoms with Gasteiger partial charge in [0.05, 0.1) is 0 Å². The van der Waals surface area contributed by atoms with Gasteiger partial charge in [-0.15, -0.1) is 0 Å². The number of rotatable bonds is 4. The minimum atomic E-state index is -0.713. The van der Waals surface area contributed by atoms with Crippen molar-refractivity contribution in [1.82, 2.24) is 19.7 Å². The van der Waals surface area contributed by atoms with E-state index in [9.17, 15) is 19.2 Å². The maximum absolute atomic E-state index is 12.9. The number of carbonyl (C=O) groups is 4. The normalized spacial score (nSPS) is 19.4. The molecule has 2 aliphatic rings. The Morgan fingerprint density at radius 3 is 2.58 bits per heavy atom. The average molecular weight is 422 g/mol. The lowest BCUT2D eigenvalue weighted by Gasteiger charge is -2.30. The van der Waals surface area contributed by atoms with Gasteiger partial charge >= 0.3 is 6.03 Å². The van der Waals surface area contributed by atoms with E-state index in [1.807, 2.05) is 33.7 Å². The molecule has 2 saturated heterocycles. The zero-order valence-corrected chi connectivity index (χ0v) is 17.8. The Labute approximate surface area is 180 Å². The lowest BCUT2D eigenvalue weighted by atomic mass is 9.99. The number of likely N-dealkylation sites (tertiary alicyclic amines) is 1. The average Bonchev–Trinajstić information content (AvgIpc) is 3.09. The predicted molar refractivity (Wildman–Crippen MR) is 116 cm³/mol. The van der Waals surface area contributed by atoms with Crippen molar-refractivity contribution in [1.29, 1.82) is 0 Å². The Kier molecular flexibility index (Phi) is 5.63. The zero-order valence-electron chi connectivity index (χ0n) is 17.8. The van der Waals surface area contributed by atoms with Gasteiger partial charge < -0.3 is 9.47 Å². The molecular weight excluding hydrogens is 396 g/mol. The topological polar surface area (TPSA) is 91.7 Å². The molecule has 0 unspecified atom stereocenters. The van der Waals surface area contributed by atoms with Crippen LogP contribution in [0.2, 0.25) is 0 Å². The Hall–Kier alpha value is -3.42. The third kappa shape index (κ3) is 3.97. The Bertz CT molecular complexity index is 1090. The van der Waals surface area contributed by atoms with E-state index in [1.54, 1.807) is 13.1 Å². The van der Waals surface area contributed by atoms with E-state index in [-0.39, 0.29) is 24.6 Å². The molecule has 0 saturated carbocycles. The molecule has 0 aliphatic carbocycles. The number of amides is 5. The van der Waals surface area contributed by atoms with E-state index in [0.29, 0.717) is 11.5 Å². The van der Waals surface area contributed by atoms with Gasteiger partial charge in [0.2, 0.25) is 5.91 Å². The van der Waals surface area contributed by atoms with Crippen molar-refractivity contribution in [2.24, 2.45) is 5.92 Å². The van der Waals surface area contributed by atoms with Crippen LogP contribution < -0.4 is 5.32 Å². The van der Waals surface area contributed by atoms with Gasteiger partial charge in [-0.25, -0.2) is 4.79 Å². The second kappa shape index (κ2) is 8.37. The minimum absolute atomic E-state index is 0.0566. The number of likely N-dealkylation sites (N-methyl/N-ethyl adjacent to an activating group) is 1. The molecule has 1 N–H and O–H groups in total. The molecule has 2 aromatic rings. The fourth-order valence-electron chi connectivity index (χ4n) is 4.16. The number of imide groups is 2. The van der Waals surface area contributed by atoms with E-state index >= 15 is 0 Å². The molecule has 8 nitrogen and oxygen atoms in total. The molecule has 0 spiro atoms. The number of nitrogens with one attached hydrogen (secondary N) is 1. The third-order valence-electron chi connectivity index (χ3n) is 6.06. The summed E-state index contributed by atoms with van der Waals surface area (Å²) in [5, 5.41) is 3.04. The molecule has 0 atom stereocenters. The fraction of sp³-hybridized carbons (Fsp3) is 0.391. The highest BCUT2D eigenvalue weighted by atomic mass is 16.2. The summed E-state index contributed by atoms with van der Waals surface area (Å²) in [6, 6.07) is 6.84. The number of para-hydroxylation sites is 1. The molecule has 1 aromatic carbocycles. The van der Waals surface area contributed by atoms with Crippen LogP contribution in [0, 0.1) is 5.92 Å². The van der Waals surface area contributed by atoms with E-state index in [0.717, 1.165) is 41.7 Å².